The maximum atomic E-state index is 11.2. The Morgan fingerprint density at radius 3 is 2.80 bits per heavy atom. The molecular weight excluding hydrogens is 342 g/mol. The minimum absolute atomic E-state index is 0.103. The fourth-order valence-corrected chi connectivity index (χ4v) is 2.57. The second kappa shape index (κ2) is 9.24. The first-order chi connectivity index (χ1) is 9.54. The van der Waals surface area contributed by atoms with Crippen LogP contribution in [0.5, 0.6) is 0 Å². The Labute approximate surface area is 134 Å². The highest BCUT2D eigenvalue weighted by molar-refractivity contribution is 9.10. The first kappa shape index (κ1) is 17.3. The van der Waals surface area contributed by atoms with E-state index in [4.69, 9.17) is 16.3 Å². The van der Waals surface area contributed by atoms with E-state index in [1.807, 2.05) is 26.0 Å². The number of halogens is 2. The molecule has 0 fully saturated rings. The fourth-order valence-electron chi connectivity index (χ4n) is 1.81. The van der Waals surface area contributed by atoms with Crippen LogP contribution in [0.25, 0.3) is 0 Å². The van der Waals surface area contributed by atoms with E-state index in [2.05, 4.69) is 21.2 Å². The number of benzene rings is 1. The van der Waals surface area contributed by atoms with Crippen LogP contribution in [0.1, 0.15) is 38.2 Å². The summed E-state index contributed by atoms with van der Waals surface area (Å²) in [6, 6.07) is 3.94. The van der Waals surface area contributed by atoms with E-state index in [9.17, 15) is 4.79 Å². The van der Waals surface area contributed by atoms with Crippen molar-refractivity contribution in [1.82, 2.24) is 0 Å². The van der Waals surface area contributed by atoms with Crippen LogP contribution in [-0.2, 0) is 9.53 Å². The SMILES string of the molecule is CCOC(=O)CCCCCNc1cc(Cl)c(C)cc1Br. The molecule has 1 aromatic rings. The van der Waals surface area contributed by atoms with Crippen molar-refractivity contribution in [2.24, 2.45) is 0 Å². The van der Waals surface area contributed by atoms with Gasteiger partial charge in [-0.05, 0) is 60.3 Å². The maximum absolute atomic E-state index is 11.2. The molecule has 0 radical (unpaired) electrons. The minimum atomic E-state index is -0.103. The number of nitrogens with one attached hydrogen (secondary N) is 1. The third-order valence-electron chi connectivity index (χ3n) is 2.93. The number of anilines is 1. The number of hydrogen-bond donors (Lipinski definition) is 1. The number of rotatable bonds is 8. The summed E-state index contributed by atoms with van der Waals surface area (Å²) in [6.07, 6.45) is 3.39. The van der Waals surface area contributed by atoms with Gasteiger partial charge >= 0.3 is 5.97 Å². The topological polar surface area (TPSA) is 38.3 Å². The molecule has 20 heavy (non-hydrogen) atoms. The maximum Gasteiger partial charge on any atom is 0.305 e. The molecule has 0 spiro atoms. The van der Waals surface area contributed by atoms with E-state index in [0.717, 1.165) is 46.6 Å². The van der Waals surface area contributed by atoms with Gasteiger partial charge in [-0.3, -0.25) is 4.79 Å². The van der Waals surface area contributed by atoms with Gasteiger partial charge in [0, 0.05) is 28.1 Å². The Morgan fingerprint density at radius 2 is 2.10 bits per heavy atom. The van der Waals surface area contributed by atoms with Gasteiger partial charge in [0.2, 0.25) is 0 Å². The summed E-state index contributed by atoms with van der Waals surface area (Å²) < 4.78 is 5.90. The minimum Gasteiger partial charge on any atom is -0.466 e. The molecule has 0 saturated carbocycles. The van der Waals surface area contributed by atoms with Gasteiger partial charge in [-0.25, -0.2) is 0 Å². The quantitative estimate of drug-likeness (QED) is 0.525. The van der Waals surface area contributed by atoms with Crippen LogP contribution in [0.2, 0.25) is 5.02 Å². The van der Waals surface area contributed by atoms with Gasteiger partial charge in [0.25, 0.3) is 0 Å². The molecule has 0 bridgehead atoms. The molecule has 0 heterocycles. The summed E-state index contributed by atoms with van der Waals surface area (Å²) in [5.41, 5.74) is 2.06. The van der Waals surface area contributed by atoms with E-state index in [0.29, 0.717) is 13.0 Å². The monoisotopic (exact) mass is 361 g/mol. The normalized spacial score (nSPS) is 10.4. The Hall–Kier alpha value is -0.740. The average Bonchev–Trinajstić information content (AvgIpc) is 2.39. The Kier molecular flexibility index (Phi) is 8.00. The summed E-state index contributed by atoms with van der Waals surface area (Å²) in [5, 5.41) is 4.11. The number of carbonyl (C=O) groups excluding carboxylic acids is 1. The van der Waals surface area contributed by atoms with Crippen molar-refractivity contribution in [3.8, 4) is 0 Å². The molecule has 1 N–H and O–H groups in total. The summed E-state index contributed by atoms with van der Waals surface area (Å²) >= 11 is 9.62. The molecule has 0 aliphatic carbocycles. The van der Waals surface area contributed by atoms with Crippen molar-refractivity contribution in [1.29, 1.82) is 0 Å². The highest BCUT2D eigenvalue weighted by Crippen LogP contribution is 2.29. The molecule has 0 amide bonds. The summed E-state index contributed by atoms with van der Waals surface area (Å²) in [5.74, 6) is -0.103. The molecule has 0 aliphatic rings. The van der Waals surface area contributed by atoms with E-state index >= 15 is 0 Å². The number of ether oxygens (including phenoxy) is 1. The average molecular weight is 363 g/mol. The third-order valence-corrected chi connectivity index (χ3v) is 3.99. The summed E-state index contributed by atoms with van der Waals surface area (Å²) in [7, 11) is 0. The Morgan fingerprint density at radius 1 is 1.35 bits per heavy atom. The smallest absolute Gasteiger partial charge is 0.305 e. The molecule has 1 aromatic carbocycles. The lowest BCUT2D eigenvalue weighted by Gasteiger charge is -2.10. The molecule has 112 valence electrons. The van der Waals surface area contributed by atoms with Gasteiger partial charge in [0.1, 0.15) is 0 Å². The van der Waals surface area contributed by atoms with Crippen LogP contribution in [-0.4, -0.2) is 19.1 Å². The van der Waals surface area contributed by atoms with Crippen molar-refractivity contribution in [2.75, 3.05) is 18.5 Å². The lowest BCUT2D eigenvalue weighted by Crippen LogP contribution is -2.05. The molecule has 3 nitrogen and oxygen atoms in total. The number of aryl methyl sites for hydroxylation is 1. The largest absolute Gasteiger partial charge is 0.466 e. The molecule has 0 atom stereocenters. The zero-order valence-electron chi connectivity index (χ0n) is 12.0. The molecule has 0 unspecified atom stereocenters. The predicted octanol–water partition coefficient (Wildman–Crippen LogP) is 4.95. The van der Waals surface area contributed by atoms with Crippen molar-refractivity contribution < 1.29 is 9.53 Å². The Balaban J connectivity index is 2.22. The summed E-state index contributed by atoms with van der Waals surface area (Å²) in [4.78, 5) is 11.2. The lowest BCUT2D eigenvalue weighted by atomic mass is 10.2. The number of esters is 1. The zero-order valence-corrected chi connectivity index (χ0v) is 14.3. The van der Waals surface area contributed by atoms with Gasteiger partial charge < -0.3 is 10.1 Å². The van der Waals surface area contributed by atoms with Gasteiger partial charge in [-0.2, -0.15) is 0 Å². The van der Waals surface area contributed by atoms with Crippen LogP contribution in [0.4, 0.5) is 5.69 Å². The van der Waals surface area contributed by atoms with Gasteiger partial charge in [-0.1, -0.05) is 18.0 Å². The van der Waals surface area contributed by atoms with Gasteiger partial charge in [0.15, 0.2) is 0 Å². The van der Waals surface area contributed by atoms with E-state index in [1.165, 1.54) is 0 Å². The first-order valence-corrected chi connectivity index (χ1v) is 8.06. The highest BCUT2D eigenvalue weighted by atomic mass is 79.9. The van der Waals surface area contributed by atoms with Crippen LogP contribution in [0, 0.1) is 6.92 Å². The predicted molar refractivity (Wildman–Crippen MR) is 87.5 cm³/mol. The number of unbranched alkanes of at least 4 members (excludes halogenated alkanes) is 2. The zero-order chi connectivity index (χ0) is 15.0. The molecular formula is C15H21BrClNO2. The van der Waals surface area contributed by atoms with E-state index in [-0.39, 0.29) is 5.97 Å². The van der Waals surface area contributed by atoms with Crippen molar-refractivity contribution in [2.45, 2.75) is 39.5 Å². The Bertz CT molecular complexity index is 452. The van der Waals surface area contributed by atoms with E-state index in [1.54, 1.807) is 0 Å². The van der Waals surface area contributed by atoms with Crippen molar-refractivity contribution in [3.63, 3.8) is 0 Å². The molecule has 0 aromatic heterocycles. The van der Waals surface area contributed by atoms with Crippen LogP contribution in [0.3, 0.4) is 0 Å². The molecule has 0 saturated heterocycles. The highest BCUT2D eigenvalue weighted by Gasteiger charge is 2.04. The lowest BCUT2D eigenvalue weighted by molar-refractivity contribution is -0.143. The summed E-state index contributed by atoms with van der Waals surface area (Å²) in [6.45, 7) is 5.13. The van der Waals surface area contributed by atoms with Gasteiger partial charge in [-0.15, -0.1) is 0 Å². The van der Waals surface area contributed by atoms with Crippen molar-refractivity contribution in [3.05, 3.63) is 27.2 Å². The van der Waals surface area contributed by atoms with E-state index < -0.39 is 0 Å². The molecule has 1 rings (SSSR count). The number of hydrogen-bond acceptors (Lipinski definition) is 3. The van der Waals surface area contributed by atoms with Crippen LogP contribution < -0.4 is 5.32 Å². The first-order valence-electron chi connectivity index (χ1n) is 6.89. The van der Waals surface area contributed by atoms with Crippen LogP contribution >= 0.6 is 27.5 Å². The second-order valence-electron chi connectivity index (χ2n) is 4.62. The number of carbonyl (C=O) groups is 1. The third kappa shape index (κ3) is 6.14. The molecule has 5 heteroatoms. The van der Waals surface area contributed by atoms with Gasteiger partial charge in [0.05, 0.1) is 6.61 Å². The second-order valence-corrected chi connectivity index (χ2v) is 5.89. The van der Waals surface area contributed by atoms with Crippen LogP contribution in [0.15, 0.2) is 16.6 Å². The fraction of sp³-hybridized carbons (Fsp3) is 0.533. The standard InChI is InChI=1S/C15H21BrClNO2/c1-3-20-15(19)7-5-4-6-8-18-14-10-13(17)11(2)9-12(14)16/h9-10,18H,3-8H2,1-2H3. The van der Waals surface area contributed by atoms with Crippen molar-refractivity contribution >= 4 is 39.2 Å². The molecule has 0 aliphatic heterocycles.